The van der Waals surface area contributed by atoms with Crippen LogP contribution in [-0.4, -0.2) is 49.6 Å². The van der Waals surface area contributed by atoms with Crippen LogP contribution in [0.2, 0.25) is 0 Å². The molecule has 0 amide bonds. The lowest BCUT2D eigenvalue weighted by Crippen LogP contribution is -2.55. The van der Waals surface area contributed by atoms with Gasteiger partial charge >= 0.3 is 12.4 Å². The van der Waals surface area contributed by atoms with Crippen molar-refractivity contribution >= 4 is 0 Å². The summed E-state index contributed by atoms with van der Waals surface area (Å²) in [5.74, 6) is -1.18. The van der Waals surface area contributed by atoms with Crippen LogP contribution in [0, 0.1) is 0 Å². The van der Waals surface area contributed by atoms with Gasteiger partial charge in [0.1, 0.15) is 0 Å². The van der Waals surface area contributed by atoms with Crippen LogP contribution in [0.15, 0.2) is 0 Å². The van der Waals surface area contributed by atoms with E-state index >= 15 is 0 Å². The van der Waals surface area contributed by atoms with Gasteiger partial charge in [0.2, 0.25) is 6.10 Å². The van der Waals surface area contributed by atoms with E-state index in [0.29, 0.717) is 6.42 Å². The molecular weight excluding hydrogens is 308 g/mol. The van der Waals surface area contributed by atoms with Crippen LogP contribution in [0.25, 0.3) is 0 Å². The van der Waals surface area contributed by atoms with Gasteiger partial charge in [-0.25, -0.2) is 0 Å². The van der Waals surface area contributed by atoms with Gasteiger partial charge in [0.25, 0.3) is 0 Å². The average molecular weight is 323 g/mol. The first-order valence-electron chi connectivity index (χ1n) is 6.36. The fourth-order valence-electron chi connectivity index (χ4n) is 2.56. The first-order valence-corrected chi connectivity index (χ1v) is 6.36. The molecule has 21 heavy (non-hydrogen) atoms. The fraction of sp³-hybridized carbons (Fsp3) is 1.00. The molecule has 1 heterocycles. The molecule has 2 fully saturated rings. The second-order valence-electron chi connectivity index (χ2n) is 5.15. The summed E-state index contributed by atoms with van der Waals surface area (Å²) in [6.45, 7) is 0.480. The summed E-state index contributed by atoms with van der Waals surface area (Å²) in [6, 6.07) is -0.935. The van der Waals surface area contributed by atoms with Crippen LogP contribution in [0.5, 0.6) is 0 Å². The predicted molar refractivity (Wildman–Crippen MR) is 57.2 cm³/mol. The van der Waals surface area contributed by atoms with Gasteiger partial charge in [0, 0.05) is 18.9 Å². The Morgan fingerprint density at radius 3 is 2.05 bits per heavy atom. The zero-order chi connectivity index (χ0) is 15.9. The third kappa shape index (κ3) is 3.79. The fourth-order valence-corrected chi connectivity index (χ4v) is 2.56. The van der Waals surface area contributed by atoms with E-state index in [9.17, 15) is 26.3 Å². The molecule has 1 aliphatic heterocycles. The Morgan fingerprint density at radius 1 is 1.05 bits per heavy atom. The molecule has 0 aromatic heterocycles. The zero-order valence-electron chi connectivity index (χ0n) is 10.8. The Labute approximate surface area is 116 Å². The van der Waals surface area contributed by atoms with Crippen LogP contribution in [0.3, 0.4) is 0 Å². The van der Waals surface area contributed by atoms with Crippen molar-refractivity contribution in [1.82, 2.24) is 0 Å². The van der Waals surface area contributed by atoms with Crippen LogP contribution in [-0.2, 0) is 14.2 Å². The van der Waals surface area contributed by atoms with Crippen molar-refractivity contribution in [2.75, 3.05) is 13.2 Å². The van der Waals surface area contributed by atoms with Crippen LogP contribution < -0.4 is 5.73 Å². The number of hydrogen-bond donors (Lipinski definition) is 1. The van der Waals surface area contributed by atoms with Crippen LogP contribution >= 0.6 is 0 Å². The van der Waals surface area contributed by atoms with Crippen molar-refractivity contribution in [2.24, 2.45) is 5.73 Å². The lowest BCUT2D eigenvalue weighted by atomic mass is 9.88. The van der Waals surface area contributed by atoms with E-state index in [2.05, 4.69) is 4.74 Å². The molecular formula is C11H15F6NO3. The van der Waals surface area contributed by atoms with Gasteiger partial charge in [-0.3, -0.25) is 0 Å². The maximum atomic E-state index is 12.5. The molecule has 2 atom stereocenters. The van der Waals surface area contributed by atoms with Crippen LogP contribution in [0.4, 0.5) is 26.3 Å². The van der Waals surface area contributed by atoms with Gasteiger partial charge in [-0.2, -0.15) is 26.3 Å². The Kier molecular flexibility index (Phi) is 4.45. The average Bonchev–Trinajstić information content (AvgIpc) is 2.76. The van der Waals surface area contributed by atoms with Gasteiger partial charge in [-0.1, -0.05) is 0 Å². The molecule has 10 heteroatoms. The van der Waals surface area contributed by atoms with E-state index < -0.39 is 36.4 Å². The lowest BCUT2D eigenvalue weighted by Gasteiger charge is -2.41. The van der Waals surface area contributed by atoms with E-state index in [1.807, 2.05) is 0 Å². The van der Waals surface area contributed by atoms with Crippen molar-refractivity contribution < 1.29 is 40.6 Å². The third-order valence-electron chi connectivity index (χ3n) is 3.57. The molecule has 0 radical (unpaired) electrons. The maximum absolute atomic E-state index is 12.5. The second kappa shape index (κ2) is 5.56. The second-order valence-corrected chi connectivity index (χ2v) is 5.15. The Balaban J connectivity index is 2.11. The molecule has 1 spiro atoms. The summed E-state index contributed by atoms with van der Waals surface area (Å²) in [5, 5.41) is 0. The molecule has 124 valence electrons. The lowest BCUT2D eigenvalue weighted by molar-refractivity contribution is -0.340. The van der Waals surface area contributed by atoms with Crippen molar-refractivity contribution in [2.45, 2.75) is 55.7 Å². The molecule has 2 rings (SSSR count). The van der Waals surface area contributed by atoms with E-state index in [1.165, 1.54) is 0 Å². The predicted octanol–water partition coefficient (Wildman–Crippen LogP) is 2.12. The van der Waals surface area contributed by atoms with Crippen molar-refractivity contribution in [3.8, 4) is 0 Å². The molecule has 1 saturated carbocycles. The summed E-state index contributed by atoms with van der Waals surface area (Å²) in [4.78, 5) is 0. The highest BCUT2D eigenvalue weighted by atomic mass is 19.4. The number of rotatable bonds is 2. The first kappa shape index (κ1) is 16.8. The number of hydrogen-bond acceptors (Lipinski definition) is 4. The number of halogens is 6. The quantitative estimate of drug-likeness (QED) is 0.791. The number of nitrogens with two attached hydrogens (primary N) is 1. The zero-order valence-corrected chi connectivity index (χ0v) is 10.8. The summed E-state index contributed by atoms with van der Waals surface area (Å²) < 4.78 is 90.0. The smallest absolute Gasteiger partial charge is 0.356 e. The van der Waals surface area contributed by atoms with E-state index in [-0.39, 0.29) is 26.1 Å². The SMILES string of the molecule is NC1CCC2(CC1OC(C(F)(F)F)C(F)(F)F)OCCO2. The molecule has 0 bridgehead atoms. The van der Waals surface area contributed by atoms with Gasteiger partial charge < -0.3 is 19.9 Å². The summed E-state index contributed by atoms with van der Waals surface area (Å²) in [7, 11) is 0. The van der Waals surface area contributed by atoms with Crippen LogP contribution in [0.1, 0.15) is 19.3 Å². The van der Waals surface area contributed by atoms with Crippen molar-refractivity contribution in [3.63, 3.8) is 0 Å². The summed E-state index contributed by atoms with van der Waals surface area (Å²) in [6.07, 6.45) is -16.2. The highest BCUT2D eigenvalue weighted by molar-refractivity contribution is 4.92. The molecule has 2 aliphatic rings. The van der Waals surface area contributed by atoms with Crippen molar-refractivity contribution in [3.05, 3.63) is 0 Å². The Bertz CT molecular complexity index is 352. The topological polar surface area (TPSA) is 53.7 Å². The summed E-state index contributed by atoms with van der Waals surface area (Å²) >= 11 is 0. The minimum absolute atomic E-state index is 0.160. The largest absolute Gasteiger partial charge is 0.423 e. The highest BCUT2D eigenvalue weighted by Crippen LogP contribution is 2.41. The standard InChI is InChI=1S/C11H15F6NO3/c12-10(13,14)8(11(15,16)17)21-7-5-9(2-1-6(7)18)19-3-4-20-9/h6-8H,1-5,18H2. The molecule has 1 aliphatic carbocycles. The molecule has 0 aromatic carbocycles. The number of ether oxygens (including phenoxy) is 3. The third-order valence-corrected chi connectivity index (χ3v) is 3.57. The number of alkyl halides is 6. The normalized spacial score (nSPS) is 30.3. The van der Waals surface area contributed by atoms with Gasteiger partial charge in [-0.05, 0) is 6.42 Å². The molecule has 2 N–H and O–H groups in total. The van der Waals surface area contributed by atoms with E-state index in [1.54, 1.807) is 0 Å². The maximum Gasteiger partial charge on any atom is 0.423 e. The van der Waals surface area contributed by atoms with Gasteiger partial charge in [0.05, 0.1) is 19.3 Å². The minimum atomic E-state index is -5.56. The van der Waals surface area contributed by atoms with Crippen molar-refractivity contribution in [1.29, 1.82) is 0 Å². The van der Waals surface area contributed by atoms with Gasteiger partial charge in [-0.15, -0.1) is 0 Å². The molecule has 1 saturated heterocycles. The van der Waals surface area contributed by atoms with E-state index in [4.69, 9.17) is 15.2 Å². The molecule has 2 unspecified atom stereocenters. The van der Waals surface area contributed by atoms with E-state index in [0.717, 1.165) is 0 Å². The monoisotopic (exact) mass is 323 g/mol. The molecule has 0 aromatic rings. The Morgan fingerprint density at radius 2 is 1.57 bits per heavy atom. The van der Waals surface area contributed by atoms with Gasteiger partial charge in [0.15, 0.2) is 5.79 Å². The first-order chi connectivity index (χ1) is 9.54. The molecule has 4 nitrogen and oxygen atoms in total. The summed E-state index contributed by atoms with van der Waals surface area (Å²) in [5.41, 5.74) is 5.59. The Hall–Kier alpha value is -0.580. The minimum Gasteiger partial charge on any atom is -0.356 e. The highest BCUT2D eigenvalue weighted by Gasteiger charge is 2.60.